The molecule has 1 aromatic rings. The zero-order valence-corrected chi connectivity index (χ0v) is 5.79. The quantitative estimate of drug-likeness (QED) is 0.487. The van der Waals surface area contributed by atoms with Crippen LogP contribution in [0.1, 0.15) is 5.56 Å². The lowest BCUT2D eigenvalue weighted by Gasteiger charge is -2.02. The van der Waals surface area contributed by atoms with Crippen LogP contribution in [0, 0.1) is 0 Å². The molecule has 0 saturated heterocycles. The van der Waals surface area contributed by atoms with Gasteiger partial charge in [-0.2, -0.15) is 0 Å². The Morgan fingerprint density at radius 1 is 1.09 bits per heavy atom. The van der Waals surface area contributed by atoms with E-state index in [9.17, 15) is 4.79 Å². The van der Waals surface area contributed by atoms with E-state index in [1.165, 1.54) is 12.1 Å². The molecule has 11 heavy (non-hydrogen) atoms. The number of anilines is 3. The van der Waals surface area contributed by atoms with Gasteiger partial charge in [0.25, 0.3) is 0 Å². The third kappa shape index (κ3) is 1.24. The van der Waals surface area contributed by atoms with Crippen molar-refractivity contribution in [2.45, 2.75) is 0 Å². The Morgan fingerprint density at radius 3 is 1.91 bits per heavy atom. The van der Waals surface area contributed by atoms with Gasteiger partial charge in [0.15, 0.2) is 0 Å². The van der Waals surface area contributed by atoms with Crippen molar-refractivity contribution in [3.63, 3.8) is 0 Å². The van der Waals surface area contributed by atoms with Crippen molar-refractivity contribution in [2.75, 3.05) is 17.2 Å². The van der Waals surface area contributed by atoms with Gasteiger partial charge in [0, 0.05) is 17.1 Å². The molecule has 0 unspecified atom stereocenters. The van der Waals surface area contributed by atoms with Crippen LogP contribution in [0.25, 0.3) is 0 Å². The lowest BCUT2D eigenvalue weighted by atomic mass is 10.1. The van der Waals surface area contributed by atoms with Gasteiger partial charge >= 0.3 is 0 Å². The summed E-state index contributed by atoms with van der Waals surface area (Å²) in [6, 6.07) is 2.94. The zero-order valence-electron chi connectivity index (χ0n) is 5.79. The summed E-state index contributed by atoms with van der Waals surface area (Å²) in [5.74, 6) is 0. The van der Waals surface area contributed by atoms with Crippen LogP contribution in [-0.4, -0.2) is 6.29 Å². The molecule has 0 fully saturated rings. The molecule has 57 valence electrons. The Hall–Kier alpha value is -1.71. The summed E-state index contributed by atoms with van der Waals surface area (Å²) in [4.78, 5) is 10.2. The second-order valence-corrected chi connectivity index (χ2v) is 2.18. The molecule has 0 aromatic heterocycles. The largest absolute Gasteiger partial charge is 0.399 e. The van der Waals surface area contributed by atoms with Crippen molar-refractivity contribution in [3.05, 3.63) is 17.7 Å². The first kappa shape index (κ1) is 7.40. The molecule has 1 rings (SSSR count). The molecular formula is C7H8N3O. The van der Waals surface area contributed by atoms with Gasteiger partial charge < -0.3 is 17.2 Å². The first-order chi connectivity index (χ1) is 5.15. The summed E-state index contributed by atoms with van der Waals surface area (Å²) in [5.41, 5.74) is 17.4. The Bertz CT molecular complexity index is 273. The monoisotopic (exact) mass is 150 g/mol. The van der Waals surface area contributed by atoms with Crippen LogP contribution in [0.3, 0.4) is 0 Å². The summed E-state index contributed by atoms with van der Waals surface area (Å²) in [5, 5.41) is 0. The highest BCUT2D eigenvalue weighted by molar-refractivity contribution is 5.92. The van der Waals surface area contributed by atoms with E-state index in [1.54, 1.807) is 6.29 Å². The lowest BCUT2D eigenvalue weighted by Crippen LogP contribution is -2.01. The smallest absolute Gasteiger partial charge is 0.237 e. The fourth-order valence-electron chi connectivity index (χ4n) is 0.830. The average molecular weight is 150 g/mol. The van der Waals surface area contributed by atoms with Gasteiger partial charge in [-0.25, -0.2) is 0 Å². The van der Waals surface area contributed by atoms with Gasteiger partial charge in [-0.15, -0.1) is 0 Å². The zero-order chi connectivity index (χ0) is 8.43. The van der Waals surface area contributed by atoms with Crippen molar-refractivity contribution >= 4 is 23.3 Å². The molecule has 0 aliphatic carbocycles. The maximum absolute atomic E-state index is 10.2. The van der Waals surface area contributed by atoms with E-state index in [1.807, 2.05) is 0 Å². The summed E-state index contributed by atoms with van der Waals surface area (Å²) in [7, 11) is 0. The molecule has 0 heterocycles. The molecule has 0 aliphatic rings. The molecule has 4 nitrogen and oxygen atoms in total. The second kappa shape index (κ2) is 2.49. The number of rotatable bonds is 1. The first-order valence-corrected chi connectivity index (χ1v) is 2.97. The maximum Gasteiger partial charge on any atom is 0.237 e. The molecule has 0 amide bonds. The number of hydrogen-bond acceptors (Lipinski definition) is 4. The van der Waals surface area contributed by atoms with Crippen LogP contribution in [0.5, 0.6) is 0 Å². The van der Waals surface area contributed by atoms with Crippen LogP contribution in [0.15, 0.2) is 12.1 Å². The topological polar surface area (TPSA) is 95.1 Å². The highest BCUT2D eigenvalue weighted by Gasteiger charge is 2.03. The van der Waals surface area contributed by atoms with Crippen molar-refractivity contribution in [2.24, 2.45) is 0 Å². The molecular weight excluding hydrogens is 142 g/mol. The van der Waals surface area contributed by atoms with Crippen LogP contribution >= 0.6 is 0 Å². The predicted molar refractivity (Wildman–Crippen MR) is 44.5 cm³/mol. The number of carbonyl (C=O) groups excluding carboxylic acids is 1. The van der Waals surface area contributed by atoms with E-state index >= 15 is 0 Å². The Balaban J connectivity index is 3.36. The molecule has 4 heteroatoms. The van der Waals surface area contributed by atoms with E-state index in [2.05, 4.69) is 0 Å². The molecule has 0 saturated carbocycles. The standard InChI is InChI=1S/C7H8N3O/c8-4-1-6(9)5(3-11)7(10)2-4/h1-2H,8-10H2. The van der Waals surface area contributed by atoms with Crippen molar-refractivity contribution in [1.29, 1.82) is 0 Å². The molecule has 0 aliphatic heterocycles. The summed E-state index contributed by atoms with van der Waals surface area (Å²) in [6.07, 6.45) is 1.64. The van der Waals surface area contributed by atoms with E-state index in [0.717, 1.165) is 0 Å². The van der Waals surface area contributed by atoms with Gasteiger partial charge in [-0.05, 0) is 12.1 Å². The van der Waals surface area contributed by atoms with Gasteiger partial charge in [0.2, 0.25) is 6.29 Å². The first-order valence-electron chi connectivity index (χ1n) is 2.97. The normalized spacial score (nSPS) is 9.45. The van der Waals surface area contributed by atoms with Crippen molar-refractivity contribution < 1.29 is 4.79 Å². The average Bonchev–Trinajstić information content (AvgIpc) is 1.85. The minimum Gasteiger partial charge on any atom is -0.399 e. The fraction of sp³-hybridized carbons (Fsp3) is 0. The third-order valence-electron chi connectivity index (χ3n) is 1.32. The van der Waals surface area contributed by atoms with E-state index in [4.69, 9.17) is 17.2 Å². The second-order valence-electron chi connectivity index (χ2n) is 2.18. The predicted octanol–water partition coefficient (Wildman–Crippen LogP) is -0.109. The number of nitrogens with two attached hydrogens (primary N) is 3. The minimum absolute atomic E-state index is 0.180. The summed E-state index contributed by atoms with van der Waals surface area (Å²) >= 11 is 0. The van der Waals surface area contributed by atoms with Crippen molar-refractivity contribution in [3.8, 4) is 0 Å². The lowest BCUT2D eigenvalue weighted by molar-refractivity contribution is 0.563. The van der Waals surface area contributed by atoms with E-state index < -0.39 is 0 Å². The molecule has 1 radical (unpaired) electrons. The van der Waals surface area contributed by atoms with Gasteiger partial charge in [-0.1, -0.05) is 0 Å². The molecule has 6 N–H and O–H groups in total. The minimum atomic E-state index is 0.180. The fourth-order valence-corrected chi connectivity index (χ4v) is 0.830. The SMILES string of the molecule is Nc1cc(N)c([C]=O)c(N)c1. The Kier molecular flexibility index (Phi) is 1.68. The summed E-state index contributed by atoms with van der Waals surface area (Å²) < 4.78 is 0. The summed E-state index contributed by atoms with van der Waals surface area (Å²) in [6.45, 7) is 0. The number of benzene rings is 1. The van der Waals surface area contributed by atoms with Crippen molar-refractivity contribution in [1.82, 2.24) is 0 Å². The van der Waals surface area contributed by atoms with Gasteiger partial charge in [0.1, 0.15) is 0 Å². The van der Waals surface area contributed by atoms with E-state index in [0.29, 0.717) is 5.69 Å². The van der Waals surface area contributed by atoms with Crippen LogP contribution < -0.4 is 17.2 Å². The molecule has 0 atom stereocenters. The highest BCUT2D eigenvalue weighted by Crippen LogP contribution is 2.20. The van der Waals surface area contributed by atoms with Crippen LogP contribution in [0.4, 0.5) is 17.1 Å². The molecule has 0 spiro atoms. The maximum atomic E-state index is 10.2. The van der Waals surface area contributed by atoms with Gasteiger partial charge in [0.05, 0.1) is 5.56 Å². The van der Waals surface area contributed by atoms with Gasteiger partial charge in [-0.3, -0.25) is 4.79 Å². The number of nitrogen functional groups attached to an aromatic ring is 3. The Labute approximate surface area is 64.0 Å². The Morgan fingerprint density at radius 2 is 1.55 bits per heavy atom. The van der Waals surface area contributed by atoms with Crippen LogP contribution in [-0.2, 0) is 4.79 Å². The molecule has 0 bridgehead atoms. The molecule has 1 aromatic carbocycles. The number of hydrogen-bond donors (Lipinski definition) is 3. The van der Waals surface area contributed by atoms with Crippen LogP contribution in [0.2, 0.25) is 0 Å². The van der Waals surface area contributed by atoms with E-state index in [-0.39, 0.29) is 16.9 Å². The third-order valence-corrected chi connectivity index (χ3v) is 1.32. The highest BCUT2D eigenvalue weighted by atomic mass is 16.1.